The zero-order chi connectivity index (χ0) is 10.3. The predicted octanol–water partition coefficient (Wildman–Crippen LogP) is 1.12. The minimum absolute atomic E-state index is 0.383. The van der Waals surface area contributed by atoms with E-state index in [1.165, 1.54) is 10.6 Å². The molecule has 0 saturated carbocycles. The Labute approximate surface area is 91.1 Å². The molecule has 1 aliphatic heterocycles. The lowest BCUT2D eigenvalue weighted by molar-refractivity contribution is 0.434. The number of hydrogen-bond acceptors (Lipinski definition) is 3. The molecule has 0 unspecified atom stereocenters. The maximum absolute atomic E-state index is 11.3. The molecular formula is C8H9BrN2O2S. The molecule has 0 N–H and O–H groups in total. The smallest absolute Gasteiger partial charge is 0.211 e. The van der Waals surface area contributed by atoms with Crippen LogP contribution < -0.4 is 0 Å². The Morgan fingerprint density at radius 2 is 2.21 bits per heavy atom. The lowest BCUT2D eigenvalue weighted by Gasteiger charge is -2.10. The Kier molecular flexibility index (Phi) is 2.36. The highest BCUT2D eigenvalue weighted by Gasteiger charge is 2.27. The summed E-state index contributed by atoms with van der Waals surface area (Å²) in [6, 6.07) is 1.82. The summed E-state index contributed by atoms with van der Waals surface area (Å²) in [6.45, 7) is 0.802. The van der Waals surface area contributed by atoms with E-state index in [4.69, 9.17) is 0 Å². The Morgan fingerprint density at radius 1 is 1.50 bits per heavy atom. The summed E-state index contributed by atoms with van der Waals surface area (Å²) in [4.78, 5) is 4.15. The Hall–Kier alpha value is -0.460. The predicted molar refractivity (Wildman–Crippen MR) is 56.0 cm³/mol. The topological polar surface area (TPSA) is 50.3 Å². The molecule has 0 aromatic carbocycles. The molecule has 0 atom stereocenters. The average molecular weight is 277 g/mol. The van der Waals surface area contributed by atoms with Crippen molar-refractivity contribution in [3.63, 3.8) is 0 Å². The van der Waals surface area contributed by atoms with E-state index in [-0.39, 0.29) is 0 Å². The summed E-state index contributed by atoms with van der Waals surface area (Å²) in [5.41, 5.74) is 1.81. The van der Waals surface area contributed by atoms with Gasteiger partial charge in [0.15, 0.2) is 0 Å². The molecule has 1 aliphatic rings. The number of fused-ring (bicyclic) bond motifs is 1. The van der Waals surface area contributed by atoms with Crippen LogP contribution in [0.1, 0.15) is 11.3 Å². The number of rotatable bonds is 1. The number of pyridine rings is 1. The van der Waals surface area contributed by atoms with Gasteiger partial charge < -0.3 is 0 Å². The van der Waals surface area contributed by atoms with Crippen molar-refractivity contribution >= 4 is 26.0 Å². The molecule has 76 valence electrons. The van der Waals surface area contributed by atoms with E-state index < -0.39 is 10.0 Å². The highest BCUT2D eigenvalue weighted by atomic mass is 79.9. The maximum Gasteiger partial charge on any atom is 0.211 e. The largest absolute Gasteiger partial charge is 0.259 e. The zero-order valence-electron chi connectivity index (χ0n) is 7.57. The quantitative estimate of drug-likeness (QED) is 0.773. The second kappa shape index (κ2) is 3.29. The first kappa shape index (κ1) is 10.1. The van der Waals surface area contributed by atoms with Crippen LogP contribution in [0.5, 0.6) is 0 Å². The summed E-state index contributed by atoms with van der Waals surface area (Å²) in [5, 5.41) is 0. The molecule has 6 heteroatoms. The Balaban J connectivity index is 2.40. The van der Waals surface area contributed by atoms with Crippen molar-refractivity contribution in [2.45, 2.75) is 13.1 Å². The van der Waals surface area contributed by atoms with Crippen molar-refractivity contribution in [3.05, 3.63) is 28.0 Å². The SMILES string of the molecule is CS(=O)(=O)N1Cc2nccc(Br)c2C1. The zero-order valence-corrected chi connectivity index (χ0v) is 9.97. The molecule has 0 spiro atoms. The first-order valence-corrected chi connectivity index (χ1v) is 6.70. The van der Waals surface area contributed by atoms with Crippen LogP contribution in [0.4, 0.5) is 0 Å². The van der Waals surface area contributed by atoms with Crippen LogP contribution in [0, 0.1) is 0 Å². The van der Waals surface area contributed by atoms with Crippen LogP contribution in [-0.4, -0.2) is 24.0 Å². The second-order valence-electron chi connectivity index (χ2n) is 3.25. The molecule has 1 aromatic heterocycles. The van der Waals surface area contributed by atoms with Gasteiger partial charge in [-0.25, -0.2) is 8.42 Å². The molecule has 4 nitrogen and oxygen atoms in total. The van der Waals surface area contributed by atoms with E-state index in [0.29, 0.717) is 13.1 Å². The van der Waals surface area contributed by atoms with Crippen molar-refractivity contribution in [2.24, 2.45) is 0 Å². The van der Waals surface area contributed by atoms with Crippen LogP contribution in [0.2, 0.25) is 0 Å². The van der Waals surface area contributed by atoms with E-state index in [9.17, 15) is 8.42 Å². The summed E-state index contributed by atoms with van der Waals surface area (Å²) in [6.07, 6.45) is 2.89. The molecule has 0 bridgehead atoms. The van der Waals surface area contributed by atoms with E-state index >= 15 is 0 Å². The monoisotopic (exact) mass is 276 g/mol. The minimum Gasteiger partial charge on any atom is -0.259 e. The summed E-state index contributed by atoms with van der Waals surface area (Å²) in [5.74, 6) is 0. The lowest BCUT2D eigenvalue weighted by Crippen LogP contribution is -2.23. The molecule has 0 saturated heterocycles. The highest BCUT2D eigenvalue weighted by molar-refractivity contribution is 9.10. The molecule has 14 heavy (non-hydrogen) atoms. The van der Waals surface area contributed by atoms with Crippen molar-refractivity contribution in [3.8, 4) is 0 Å². The van der Waals surface area contributed by atoms with Gasteiger partial charge in [0, 0.05) is 22.8 Å². The first-order chi connectivity index (χ1) is 6.48. The summed E-state index contributed by atoms with van der Waals surface area (Å²) in [7, 11) is -3.11. The molecule has 0 radical (unpaired) electrons. The van der Waals surface area contributed by atoms with E-state index in [0.717, 1.165) is 15.7 Å². The van der Waals surface area contributed by atoms with Gasteiger partial charge >= 0.3 is 0 Å². The molecular weight excluding hydrogens is 268 g/mol. The average Bonchev–Trinajstić information content (AvgIpc) is 2.48. The number of hydrogen-bond donors (Lipinski definition) is 0. The third-order valence-electron chi connectivity index (χ3n) is 2.22. The number of halogens is 1. The Morgan fingerprint density at radius 3 is 2.79 bits per heavy atom. The van der Waals surface area contributed by atoms with Gasteiger partial charge in [-0.05, 0) is 6.07 Å². The molecule has 0 aliphatic carbocycles. The van der Waals surface area contributed by atoms with Crippen LogP contribution in [-0.2, 0) is 23.1 Å². The van der Waals surface area contributed by atoms with Gasteiger partial charge in [0.05, 0.1) is 18.5 Å². The van der Waals surface area contributed by atoms with Gasteiger partial charge in [0.1, 0.15) is 0 Å². The second-order valence-corrected chi connectivity index (χ2v) is 6.09. The van der Waals surface area contributed by atoms with Gasteiger partial charge in [-0.1, -0.05) is 15.9 Å². The van der Waals surface area contributed by atoms with Crippen LogP contribution in [0.3, 0.4) is 0 Å². The van der Waals surface area contributed by atoms with Gasteiger partial charge in [-0.15, -0.1) is 0 Å². The molecule has 2 rings (SSSR count). The number of aromatic nitrogens is 1. The minimum atomic E-state index is -3.11. The van der Waals surface area contributed by atoms with Crippen LogP contribution in [0.25, 0.3) is 0 Å². The number of nitrogens with zero attached hydrogens (tertiary/aromatic N) is 2. The highest BCUT2D eigenvalue weighted by Crippen LogP contribution is 2.28. The van der Waals surface area contributed by atoms with Crippen LogP contribution in [0.15, 0.2) is 16.7 Å². The van der Waals surface area contributed by atoms with Gasteiger partial charge in [0.2, 0.25) is 10.0 Å². The molecule has 0 fully saturated rings. The normalized spacial score (nSPS) is 17.0. The van der Waals surface area contributed by atoms with Crippen molar-refractivity contribution < 1.29 is 8.42 Å². The van der Waals surface area contributed by atoms with E-state index in [1.807, 2.05) is 6.07 Å². The molecule has 1 aromatic rings. The summed E-state index contributed by atoms with van der Waals surface area (Å²) < 4.78 is 24.9. The Bertz CT molecular complexity index is 472. The van der Waals surface area contributed by atoms with Gasteiger partial charge in [0.25, 0.3) is 0 Å². The van der Waals surface area contributed by atoms with Crippen molar-refractivity contribution in [2.75, 3.05) is 6.26 Å². The van der Waals surface area contributed by atoms with E-state index in [2.05, 4.69) is 20.9 Å². The van der Waals surface area contributed by atoms with Crippen LogP contribution >= 0.6 is 15.9 Å². The fraction of sp³-hybridized carbons (Fsp3) is 0.375. The fourth-order valence-corrected chi connectivity index (χ4v) is 2.64. The maximum atomic E-state index is 11.3. The fourth-order valence-electron chi connectivity index (χ4n) is 1.45. The molecule has 0 amide bonds. The lowest BCUT2D eigenvalue weighted by atomic mass is 10.2. The third kappa shape index (κ3) is 1.69. The third-order valence-corrected chi connectivity index (χ3v) is 4.16. The van der Waals surface area contributed by atoms with Gasteiger partial charge in [-0.2, -0.15) is 4.31 Å². The number of sulfonamides is 1. The standard InChI is InChI=1S/C8H9BrN2O2S/c1-14(12,13)11-4-6-7(9)2-3-10-8(6)5-11/h2-3H,4-5H2,1H3. The van der Waals surface area contributed by atoms with Crippen molar-refractivity contribution in [1.29, 1.82) is 0 Å². The summed E-state index contributed by atoms with van der Waals surface area (Å²) >= 11 is 3.38. The van der Waals surface area contributed by atoms with E-state index in [1.54, 1.807) is 6.20 Å². The van der Waals surface area contributed by atoms with Gasteiger partial charge in [-0.3, -0.25) is 4.98 Å². The molecule has 2 heterocycles. The first-order valence-electron chi connectivity index (χ1n) is 4.06. The van der Waals surface area contributed by atoms with Crippen molar-refractivity contribution in [1.82, 2.24) is 9.29 Å².